The van der Waals surface area contributed by atoms with Gasteiger partial charge in [0.25, 0.3) is 0 Å². The summed E-state index contributed by atoms with van der Waals surface area (Å²) in [6.45, 7) is -0.429. The lowest BCUT2D eigenvalue weighted by Crippen LogP contribution is -2.68. The number of amides is 2. The van der Waals surface area contributed by atoms with E-state index >= 15 is 0 Å². The Morgan fingerprint density at radius 2 is 1.71 bits per heavy atom. The van der Waals surface area contributed by atoms with Crippen LogP contribution in [-0.4, -0.2) is 81.8 Å². The highest BCUT2D eigenvalue weighted by molar-refractivity contribution is 7.92. The second kappa shape index (κ2) is 6.85. The fourth-order valence-electron chi connectivity index (χ4n) is 3.98. The Bertz CT molecular complexity index is 880. The number of halogens is 2. The standard InChI is InChI=1S/C16H18F2N2O7S/c17-16(18,28(26,27)10-4-2-1-3-5-10)13(21)12-11-7-6-9(20(11)15(24)25)8-19(12)14(22)23/h1-5,9,11-13,21H,6-8H2,(H,22,23)(H,24,25)/t9-,11+,12+,13+/m1/s1. The van der Waals surface area contributed by atoms with Crippen molar-refractivity contribution in [3.63, 3.8) is 0 Å². The van der Waals surface area contributed by atoms with E-state index in [1.807, 2.05) is 0 Å². The maximum atomic E-state index is 14.9. The lowest BCUT2D eigenvalue weighted by atomic mass is 9.97. The highest BCUT2D eigenvalue weighted by Gasteiger charge is 2.62. The molecule has 4 atom stereocenters. The van der Waals surface area contributed by atoms with Gasteiger partial charge < -0.3 is 15.3 Å². The van der Waals surface area contributed by atoms with E-state index in [1.54, 1.807) is 0 Å². The van der Waals surface area contributed by atoms with Gasteiger partial charge in [-0.3, -0.25) is 9.80 Å². The van der Waals surface area contributed by atoms with E-state index in [1.165, 1.54) is 18.2 Å². The van der Waals surface area contributed by atoms with Gasteiger partial charge in [-0.15, -0.1) is 0 Å². The monoisotopic (exact) mass is 420 g/mol. The minimum Gasteiger partial charge on any atom is -0.465 e. The fourth-order valence-corrected chi connectivity index (χ4v) is 5.27. The van der Waals surface area contributed by atoms with Gasteiger partial charge in [-0.05, 0) is 25.0 Å². The molecule has 0 radical (unpaired) electrons. The molecule has 2 saturated heterocycles. The van der Waals surface area contributed by atoms with Crippen molar-refractivity contribution in [1.82, 2.24) is 9.80 Å². The molecule has 2 aliphatic rings. The summed E-state index contributed by atoms with van der Waals surface area (Å²) in [6, 6.07) is 1.80. The summed E-state index contributed by atoms with van der Waals surface area (Å²) in [5.41, 5.74) is 0. The molecule has 0 saturated carbocycles. The molecule has 0 spiro atoms. The normalized spacial score (nSPS) is 26.2. The molecule has 0 unspecified atom stereocenters. The third-order valence-corrected chi connectivity index (χ3v) is 7.10. The van der Waals surface area contributed by atoms with Gasteiger partial charge in [0.15, 0.2) is 6.10 Å². The van der Waals surface area contributed by atoms with Crippen LogP contribution in [0.4, 0.5) is 18.4 Å². The number of fused-ring (bicyclic) bond motifs is 2. The number of carbonyl (C=O) groups is 2. The van der Waals surface area contributed by atoms with Crippen LogP contribution in [0.2, 0.25) is 0 Å². The minimum atomic E-state index is -5.36. The summed E-state index contributed by atoms with van der Waals surface area (Å²) in [4.78, 5) is 23.7. The lowest BCUT2D eigenvalue weighted by molar-refractivity contribution is -0.108. The molecule has 1 aromatic carbocycles. The zero-order valence-electron chi connectivity index (χ0n) is 14.4. The van der Waals surface area contributed by atoms with Crippen molar-refractivity contribution in [2.24, 2.45) is 0 Å². The van der Waals surface area contributed by atoms with Crippen LogP contribution in [-0.2, 0) is 9.84 Å². The first-order chi connectivity index (χ1) is 13.0. The van der Waals surface area contributed by atoms with Gasteiger partial charge in [-0.25, -0.2) is 18.0 Å². The summed E-state index contributed by atoms with van der Waals surface area (Å²) in [5.74, 6) is 0. The van der Waals surface area contributed by atoms with Gasteiger partial charge in [-0.1, -0.05) is 18.2 Å². The Morgan fingerprint density at radius 1 is 1.11 bits per heavy atom. The molecule has 0 aliphatic carbocycles. The van der Waals surface area contributed by atoms with Crippen LogP contribution in [0.5, 0.6) is 0 Å². The van der Waals surface area contributed by atoms with Crippen molar-refractivity contribution < 1.29 is 42.1 Å². The van der Waals surface area contributed by atoms with Crippen molar-refractivity contribution in [2.75, 3.05) is 6.54 Å². The highest BCUT2D eigenvalue weighted by atomic mass is 32.2. The number of aliphatic hydroxyl groups is 1. The van der Waals surface area contributed by atoms with Crippen LogP contribution >= 0.6 is 0 Å². The predicted octanol–water partition coefficient (Wildman–Crippen LogP) is 1.29. The molecule has 2 amide bonds. The van der Waals surface area contributed by atoms with Crippen LogP contribution in [0.1, 0.15) is 12.8 Å². The van der Waals surface area contributed by atoms with Crippen LogP contribution in [0.25, 0.3) is 0 Å². The number of nitrogens with zero attached hydrogens (tertiary/aromatic N) is 2. The van der Waals surface area contributed by atoms with Gasteiger partial charge in [0.05, 0.1) is 23.0 Å². The molecule has 2 fully saturated rings. The van der Waals surface area contributed by atoms with Crippen LogP contribution < -0.4 is 0 Å². The number of piperazine rings is 1. The summed E-state index contributed by atoms with van der Waals surface area (Å²) in [7, 11) is -5.36. The average molecular weight is 420 g/mol. The molecular weight excluding hydrogens is 402 g/mol. The van der Waals surface area contributed by atoms with Crippen molar-refractivity contribution in [3.05, 3.63) is 30.3 Å². The molecule has 9 nitrogen and oxygen atoms in total. The second-order valence-corrected chi connectivity index (χ2v) is 8.76. The number of benzene rings is 1. The number of likely N-dealkylation sites (tertiary alicyclic amines) is 1. The number of aliphatic hydroxyl groups excluding tert-OH is 1. The molecule has 28 heavy (non-hydrogen) atoms. The number of hydrogen-bond acceptors (Lipinski definition) is 5. The second-order valence-electron chi connectivity index (χ2n) is 6.74. The van der Waals surface area contributed by atoms with E-state index < -0.39 is 62.9 Å². The Hall–Kier alpha value is -2.47. The van der Waals surface area contributed by atoms with E-state index in [-0.39, 0.29) is 12.8 Å². The molecule has 12 heteroatoms. The lowest BCUT2D eigenvalue weighted by Gasteiger charge is -2.47. The number of rotatable bonds is 4. The smallest absolute Gasteiger partial charge is 0.407 e. The predicted molar refractivity (Wildman–Crippen MR) is 89.8 cm³/mol. The van der Waals surface area contributed by atoms with E-state index in [0.717, 1.165) is 17.0 Å². The van der Waals surface area contributed by atoms with Crippen molar-refractivity contribution in [1.29, 1.82) is 0 Å². The Balaban J connectivity index is 2.03. The Morgan fingerprint density at radius 3 is 2.25 bits per heavy atom. The Kier molecular flexibility index (Phi) is 4.96. The van der Waals surface area contributed by atoms with Gasteiger partial charge in [0, 0.05) is 6.54 Å². The molecule has 3 N–H and O–H groups in total. The van der Waals surface area contributed by atoms with Gasteiger partial charge in [0.2, 0.25) is 9.84 Å². The van der Waals surface area contributed by atoms with Crippen LogP contribution in [0, 0.1) is 0 Å². The van der Waals surface area contributed by atoms with E-state index in [0.29, 0.717) is 4.90 Å². The SMILES string of the molecule is O=C(O)N1C[C@H]2CC[C@@H]([C@H]1[C@H](O)C(F)(F)S(=O)(=O)c1ccccc1)N2C(=O)O. The molecule has 1 aromatic rings. The largest absolute Gasteiger partial charge is 0.465 e. The fraction of sp³-hybridized carbons (Fsp3) is 0.500. The van der Waals surface area contributed by atoms with Crippen LogP contribution in [0.15, 0.2) is 35.2 Å². The summed E-state index contributed by atoms with van der Waals surface area (Å²) < 4.78 is 54.7. The number of sulfone groups is 1. The molecule has 2 heterocycles. The average Bonchev–Trinajstić information content (AvgIpc) is 2.96. The maximum absolute atomic E-state index is 14.9. The van der Waals surface area contributed by atoms with Gasteiger partial charge in [0.1, 0.15) is 0 Å². The van der Waals surface area contributed by atoms with Gasteiger partial charge in [-0.2, -0.15) is 8.78 Å². The summed E-state index contributed by atoms with van der Waals surface area (Å²) in [5, 5.41) is 24.4. The van der Waals surface area contributed by atoms with Gasteiger partial charge >= 0.3 is 17.4 Å². The number of alkyl halides is 2. The Labute approximate surface area is 158 Å². The molecule has 2 aliphatic heterocycles. The zero-order chi connectivity index (χ0) is 20.9. The van der Waals surface area contributed by atoms with Crippen molar-refractivity contribution in [3.8, 4) is 0 Å². The number of hydrogen-bond donors (Lipinski definition) is 3. The molecular formula is C16H18F2N2O7S. The first-order valence-corrected chi connectivity index (χ1v) is 9.85. The zero-order valence-corrected chi connectivity index (χ0v) is 15.2. The van der Waals surface area contributed by atoms with Crippen molar-refractivity contribution >= 4 is 22.0 Å². The summed E-state index contributed by atoms with van der Waals surface area (Å²) >= 11 is 0. The topological polar surface area (TPSA) is 135 Å². The molecule has 2 bridgehead atoms. The highest BCUT2D eigenvalue weighted by Crippen LogP contribution is 2.41. The molecule has 0 aromatic heterocycles. The minimum absolute atomic E-state index is 0.0317. The molecule has 154 valence electrons. The van der Waals surface area contributed by atoms with E-state index in [4.69, 9.17) is 0 Å². The summed E-state index contributed by atoms with van der Waals surface area (Å²) in [6.07, 6.45) is -5.78. The van der Waals surface area contributed by atoms with Crippen molar-refractivity contribution in [2.45, 2.75) is 47.2 Å². The van der Waals surface area contributed by atoms with Crippen LogP contribution in [0.3, 0.4) is 0 Å². The quantitative estimate of drug-likeness (QED) is 0.668. The number of carboxylic acid groups (broad SMARTS) is 2. The first-order valence-electron chi connectivity index (χ1n) is 8.36. The first kappa shape index (κ1) is 20.3. The van der Waals surface area contributed by atoms with E-state index in [9.17, 15) is 42.1 Å². The van der Waals surface area contributed by atoms with E-state index in [2.05, 4.69) is 0 Å². The third-order valence-electron chi connectivity index (χ3n) is 5.25. The third kappa shape index (κ3) is 2.96. The molecule has 3 rings (SSSR count). The maximum Gasteiger partial charge on any atom is 0.407 e.